The first-order valence-electron chi connectivity index (χ1n) is 6.43. The van der Waals surface area contributed by atoms with Gasteiger partial charge >= 0.3 is 0 Å². The lowest BCUT2D eigenvalue weighted by atomic mass is 10.3. The summed E-state index contributed by atoms with van der Waals surface area (Å²) in [4.78, 5) is 14.4. The van der Waals surface area contributed by atoms with E-state index in [9.17, 15) is 0 Å². The van der Waals surface area contributed by atoms with E-state index in [0.717, 1.165) is 27.8 Å². The van der Waals surface area contributed by atoms with Gasteiger partial charge in [-0.2, -0.15) is 0 Å². The lowest BCUT2D eigenvalue weighted by Crippen LogP contribution is -2.12. The van der Waals surface area contributed by atoms with E-state index in [1.807, 2.05) is 55.5 Å². The van der Waals surface area contributed by atoms with Crippen molar-refractivity contribution in [1.82, 2.24) is 15.0 Å². The van der Waals surface area contributed by atoms with Gasteiger partial charge in [-0.05, 0) is 18.2 Å². The van der Waals surface area contributed by atoms with Crippen LogP contribution in [0.25, 0.3) is 11.0 Å². The Labute approximate surface area is 122 Å². The number of fused-ring (bicyclic) bond motifs is 1. The summed E-state index contributed by atoms with van der Waals surface area (Å²) >= 11 is 1.70. The average Bonchev–Trinajstić information content (AvgIpc) is 2.88. The molecule has 4 nitrogen and oxygen atoms in total. The van der Waals surface area contributed by atoms with E-state index >= 15 is 0 Å². The number of rotatable bonds is 4. The molecule has 0 spiro atoms. The molecule has 102 valence electrons. The molecule has 0 fully saturated rings. The molecular weight excluding hydrogens is 268 g/mol. The zero-order valence-electron chi connectivity index (χ0n) is 11.5. The Balaban J connectivity index is 1.79. The summed E-state index contributed by atoms with van der Waals surface area (Å²) in [7, 11) is 4.02. The van der Waals surface area contributed by atoms with Gasteiger partial charge in [0.2, 0.25) is 0 Å². The third-order valence-corrected chi connectivity index (χ3v) is 3.95. The number of imidazole rings is 1. The van der Waals surface area contributed by atoms with Gasteiger partial charge in [-0.15, -0.1) is 0 Å². The zero-order valence-corrected chi connectivity index (χ0v) is 12.3. The molecule has 0 aliphatic carbocycles. The second-order valence-electron chi connectivity index (χ2n) is 4.73. The number of para-hydroxylation sites is 2. The second-order valence-corrected chi connectivity index (χ2v) is 5.69. The normalized spacial score (nSPS) is 10.9. The SMILES string of the molecule is CN(C)c1ncccc1CSc1nc2ccccc2[nH]1. The number of benzene rings is 1. The number of hydrogen-bond donors (Lipinski definition) is 1. The van der Waals surface area contributed by atoms with Crippen molar-refractivity contribution in [2.45, 2.75) is 10.9 Å². The van der Waals surface area contributed by atoms with Crippen LogP contribution in [0.4, 0.5) is 5.82 Å². The fourth-order valence-electron chi connectivity index (χ4n) is 2.09. The number of H-pyrrole nitrogens is 1. The molecule has 0 aliphatic rings. The van der Waals surface area contributed by atoms with Gasteiger partial charge in [0.15, 0.2) is 5.16 Å². The van der Waals surface area contributed by atoms with Crippen molar-refractivity contribution in [3.8, 4) is 0 Å². The number of pyridine rings is 1. The quantitative estimate of drug-likeness (QED) is 0.747. The fraction of sp³-hybridized carbons (Fsp3) is 0.200. The van der Waals surface area contributed by atoms with Crippen LogP contribution in [0.15, 0.2) is 47.8 Å². The van der Waals surface area contributed by atoms with Crippen LogP contribution in [0.5, 0.6) is 0 Å². The Morgan fingerprint density at radius 1 is 1.15 bits per heavy atom. The summed E-state index contributed by atoms with van der Waals surface area (Å²) in [5.74, 6) is 1.86. The van der Waals surface area contributed by atoms with Crippen LogP contribution in [0.1, 0.15) is 5.56 Å². The van der Waals surface area contributed by atoms with Crippen molar-refractivity contribution in [3.05, 3.63) is 48.2 Å². The first kappa shape index (κ1) is 13.0. The summed E-state index contributed by atoms with van der Waals surface area (Å²) in [6.45, 7) is 0. The second kappa shape index (κ2) is 5.54. The molecule has 20 heavy (non-hydrogen) atoms. The minimum atomic E-state index is 0.848. The Morgan fingerprint density at radius 3 is 2.80 bits per heavy atom. The monoisotopic (exact) mass is 284 g/mol. The lowest BCUT2D eigenvalue weighted by molar-refractivity contribution is 1.04. The molecule has 3 rings (SSSR count). The molecule has 0 bridgehead atoms. The predicted molar refractivity (Wildman–Crippen MR) is 84.2 cm³/mol. The van der Waals surface area contributed by atoms with E-state index in [1.54, 1.807) is 11.8 Å². The molecule has 2 aromatic heterocycles. The van der Waals surface area contributed by atoms with Crippen molar-refractivity contribution >= 4 is 28.6 Å². The standard InChI is InChI=1S/C15H16N4S/c1-19(2)14-11(6-5-9-16-14)10-20-15-17-12-7-3-4-8-13(12)18-15/h3-9H,10H2,1-2H3,(H,17,18). The van der Waals surface area contributed by atoms with E-state index in [1.165, 1.54) is 5.56 Å². The van der Waals surface area contributed by atoms with Crippen molar-refractivity contribution < 1.29 is 0 Å². The predicted octanol–water partition coefficient (Wildman–Crippen LogP) is 3.32. The summed E-state index contributed by atoms with van der Waals surface area (Å²) < 4.78 is 0. The molecule has 0 saturated heterocycles. The smallest absolute Gasteiger partial charge is 0.166 e. The van der Waals surface area contributed by atoms with Crippen LogP contribution >= 0.6 is 11.8 Å². The number of hydrogen-bond acceptors (Lipinski definition) is 4. The minimum Gasteiger partial charge on any atom is -0.362 e. The van der Waals surface area contributed by atoms with E-state index < -0.39 is 0 Å². The molecule has 1 aromatic carbocycles. The van der Waals surface area contributed by atoms with E-state index in [0.29, 0.717) is 0 Å². The third-order valence-electron chi connectivity index (χ3n) is 3.02. The Morgan fingerprint density at radius 2 is 2.00 bits per heavy atom. The molecule has 0 aliphatic heterocycles. The molecule has 0 saturated carbocycles. The molecule has 2 heterocycles. The Bertz CT molecular complexity index is 687. The number of aromatic amines is 1. The lowest BCUT2D eigenvalue weighted by Gasteiger charge is -2.14. The molecule has 0 amide bonds. The summed E-state index contributed by atoms with van der Waals surface area (Å²) in [6, 6.07) is 12.2. The maximum atomic E-state index is 4.58. The van der Waals surface area contributed by atoms with Crippen LogP contribution in [-0.4, -0.2) is 29.0 Å². The molecule has 5 heteroatoms. The van der Waals surface area contributed by atoms with Gasteiger partial charge in [0.25, 0.3) is 0 Å². The van der Waals surface area contributed by atoms with Gasteiger partial charge < -0.3 is 9.88 Å². The fourth-order valence-corrected chi connectivity index (χ4v) is 2.95. The number of anilines is 1. The van der Waals surface area contributed by atoms with E-state index in [2.05, 4.69) is 21.0 Å². The molecule has 0 radical (unpaired) electrons. The molecular formula is C15H16N4S. The highest BCUT2D eigenvalue weighted by molar-refractivity contribution is 7.98. The van der Waals surface area contributed by atoms with E-state index in [-0.39, 0.29) is 0 Å². The highest BCUT2D eigenvalue weighted by Crippen LogP contribution is 2.26. The summed E-state index contributed by atoms with van der Waals surface area (Å²) in [6.07, 6.45) is 1.82. The van der Waals surface area contributed by atoms with Gasteiger partial charge in [0.05, 0.1) is 11.0 Å². The summed E-state index contributed by atoms with van der Waals surface area (Å²) in [5.41, 5.74) is 3.30. The van der Waals surface area contributed by atoms with Crippen LogP contribution in [0.3, 0.4) is 0 Å². The van der Waals surface area contributed by atoms with Crippen LogP contribution in [0.2, 0.25) is 0 Å². The van der Waals surface area contributed by atoms with Crippen LogP contribution < -0.4 is 4.90 Å². The minimum absolute atomic E-state index is 0.848. The number of nitrogens with zero attached hydrogens (tertiary/aromatic N) is 3. The maximum absolute atomic E-state index is 4.58. The van der Waals surface area contributed by atoms with Crippen molar-refractivity contribution in [2.75, 3.05) is 19.0 Å². The Hall–Kier alpha value is -2.01. The topological polar surface area (TPSA) is 44.8 Å². The molecule has 3 aromatic rings. The van der Waals surface area contributed by atoms with Crippen molar-refractivity contribution in [1.29, 1.82) is 0 Å². The molecule has 1 N–H and O–H groups in total. The van der Waals surface area contributed by atoms with Gasteiger partial charge in [-0.25, -0.2) is 9.97 Å². The van der Waals surface area contributed by atoms with Gasteiger partial charge in [0.1, 0.15) is 5.82 Å². The van der Waals surface area contributed by atoms with Crippen molar-refractivity contribution in [3.63, 3.8) is 0 Å². The zero-order chi connectivity index (χ0) is 13.9. The number of nitrogens with one attached hydrogen (secondary N) is 1. The Kier molecular flexibility index (Phi) is 3.60. The molecule has 0 unspecified atom stereocenters. The largest absolute Gasteiger partial charge is 0.362 e. The first-order chi connectivity index (χ1) is 9.74. The molecule has 0 atom stereocenters. The van der Waals surface area contributed by atoms with Crippen LogP contribution in [0, 0.1) is 0 Å². The van der Waals surface area contributed by atoms with Crippen LogP contribution in [-0.2, 0) is 5.75 Å². The average molecular weight is 284 g/mol. The highest BCUT2D eigenvalue weighted by Gasteiger charge is 2.08. The van der Waals surface area contributed by atoms with Gasteiger partial charge in [-0.3, -0.25) is 0 Å². The number of thioether (sulfide) groups is 1. The van der Waals surface area contributed by atoms with Gasteiger partial charge in [0, 0.05) is 31.6 Å². The third kappa shape index (κ3) is 2.63. The van der Waals surface area contributed by atoms with Gasteiger partial charge in [-0.1, -0.05) is 30.0 Å². The maximum Gasteiger partial charge on any atom is 0.166 e. The van der Waals surface area contributed by atoms with Crippen molar-refractivity contribution in [2.24, 2.45) is 0 Å². The number of aromatic nitrogens is 3. The summed E-state index contributed by atoms with van der Waals surface area (Å²) in [5, 5.41) is 0.944. The van der Waals surface area contributed by atoms with E-state index in [4.69, 9.17) is 0 Å². The first-order valence-corrected chi connectivity index (χ1v) is 7.41. The highest BCUT2D eigenvalue weighted by atomic mass is 32.2.